The van der Waals surface area contributed by atoms with Gasteiger partial charge in [-0.05, 0) is 86.0 Å². The molecule has 0 aliphatic heterocycles. The third-order valence-electron chi connectivity index (χ3n) is 11.9. The molecule has 0 unspecified atom stereocenters. The number of rotatable bonds is 5. The summed E-state index contributed by atoms with van der Waals surface area (Å²) in [5.41, 5.74) is 12.3. The van der Waals surface area contributed by atoms with Crippen molar-refractivity contribution in [2.24, 2.45) is 0 Å². The van der Waals surface area contributed by atoms with Gasteiger partial charge in [0.1, 0.15) is 11.2 Å². The first-order valence-electron chi connectivity index (χ1n) is 19.2. The van der Waals surface area contributed by atoms with Crippen LogP contribution < -0.4 is 0 Å². The molecule has 0 amide bonds. The molecule has 0 saturated heterocycles. The summed E-state index contributed by atoms with van der Waals surface area (Å²) in [6.45, 7) is 9.56. The first-order chi connectivity index (χ1) is 26.7. The number of para-hydroxylation sites is 1. The Morgan fingerprint density at radius 2 is 0.945 bits per heavy atom. The lowest BCUT2D eigenvalue weighted by Gasteiger charge is -2.42. The van der Waals surface area contributed by atoms with E-state index >= 15 is 0 Å². The molecule has 55 heavy (non-hydrogen) atoms. The van der Waals surface area contributed by atoms with Gasteiger partial charge in [-0.1, -0.05) is 161 Å². The molecule has 1 aliphatic rings. The van der Waals surface area contributed by atoms with E-state index in [9.17, 15) is 0 Å². The van der Waals surface area contributed by atoms with Gasteiger partial charge in [0.05, 0.1) is 0 Å². The third-order valence-corrected chi connectivity index (χ3v) is 11.9. The van der Waals surface area contributed by atoms with Crippen LogP contribution in [0, 0.1) is 0 Å². The zero-order valence-corrected chi connectivity index (χ0v) is 31.6. The first kappa shape index (κ1) is 33.2. The zero-order chi connectivity index (χ0) is 37.3. The molecule has 0 spiro atoms. The van der Waals surface area contributed by atoms with Crippen LogP contribution in [0.5, 0.6) is 0 Å². The smallest absolute Gasteiger partial charge is 0.164 e. The molecule has 10 rings (SSSR count). The number of hydrogen-bond donors (Lipinski definition) is 0. The average Bonchev–Trinajstić information content (AvgIpc) is 3.61. The fraction of sp³-hybridized carbons (Fsp3) is 0.157. The number of fused-ring (bicyclic) bond motifs is 5. The van der Waals surface area contributed by atoms with E-state index in [0.29, 0.717) is 17.5 Å². The Balaban J connectivity index is 1.21. The lowest BCUT2D eigenvalue weighted by Crippen LogP contribution is -2.33. The molecule has 4 heteroatoms. The van der Waals surface area contributed by atoms with E-state index in [2.05, 4.69) is 143 Å². The molecule has 2 heterocycles. The molecular weight excluding hydrogens is 671 g/mol. The van der Waals surface area contributed by atoms with Gasteiger partial charge in [0.15, 0.2) is 17.5 Å². The lowest BCUT2D eigenvalue weighted by atomic mass is 9.63. The second kappa shape index (κ2) is 12.6. The SMILES string of the molecule is CC1(C)CCC(C)(C)c2cc(-c3ccc(-c4nc(-c5ccccc5-c5ccccc5)nc(-c5cccc6oc7ccccc7c56)n4)c4ccccc34)ccc21. The fourth-order valence-electron chi connectivity index (χ4n) is 8.75. The Hall–Kier alpha value is -6.39. The summed E-state index contributed by atoms with van der Waals surface area (Å²) in [6, 6.07) is 53.4. The molecule has 0 radical (unpaired) electrons. The molecule has 266 valence electrons. The highest BCUT2D eigenvalue weighted by atomic mass is 16.3. The molecular formula is C51H41N3O. The van der Waals surface area contributed by atoms with Crippen LogP contribution >= 0.6 is 0 Å². The van der Waals surface area contributed by atoms with Crippen LogP contribution in [0.15, 0.2) is 156 Å². The van der Waals surface area contributed by atoms with Gasteiger partial charge in [-0.2, -0.15) is 0 Å². The van der Waals surface area contributed by atoms with Crippen molar-refractivity contribution >= 4 is 32.7 Å². The van der Waals surface area contributed by atoms with Gasteiger partial charge < -0.3 is 4.42 Å². The Morgan fingerprint density at radius 1 is 0.400 bits per heavy atom. The van der Waals surface area contributed by atoms with E-state index in [4.69, 9.17) is 19.4 Å². The predicted octanol–water partition coefficient (Wildman–Crippen LogP) is 13.6. The van der Waals surface area contributed by atoms with E-state index in [1.54, 1.807) is 0 Å². The lowest BCUT2D eigenvalue weighted by molar-refractivity contribution is 0.332. The summed E-state index contributed by atoms with van der Waals surface area (Å²) in [6.07, 6.45) is 2.37. The molecule has 1 aliphatic carbocycles. The van der Waals surface area contributed by atoms with E-state index in [0.717, 1.165) is 55.1 Å². The van der Waals surface area contributed by atoms with Gasteiger partial charge in [0.2, 0.25) is 0 Å². The normalized spacial score (nSPS) is 14.7. The van der Waals surface area contributed by atoms with Gasteiger partial charge >= 0.3 is 0 Å². The second-order valence-corrected chi connectivity index (χ2v) is 16.2. The Bertz CT molecular complexity index is 2940. The van der Waals surface area contributed by atoms with Gasteiger partial charge in [0.25, 0.3) is 0 Å². The highest BCUT2D eigenvalue weighted by molar-refractivity contribution is 6.12. The third kappa shape index (κ3) is 5.55. The summed E-state index contributed by atoms with van der Waals surface area (Å²) >= 11 is 0. The minimum absolute atomic E-state index is 0.119. The van der Waals surface area contributed by atoms with Gasteiger partial charge in [-0.25, -0.2) is 15.0 Å². The summed E-state index contributed by atoms with van der Waals surface area (Å²) in [4.78, 5) is 15.9. The summed E-state index contributed by atoms with van der Waals surface area (Å²) in [5.74, 6) is 1.85. The van der Waals surface area contributed by atoms with E-state index < -0.39 is 0 Å². The van der Waals surface area contributed by atoms with Crippen molar-refractivity contribution in [2.75, 3.05) is 0 Å². The molecule has 0 N–H and O–H groups in total. The largest absolute Gasteiger partial charge is 0.456 e. The van der Waals surface area contributed by atoms with Crippen molar-refractivity contribution in [2.45, 2.75) is 51.4 Å². The molecule has 0 atom stereocenters. The maximum Gasteiger partial charge on any atom is 0.164 e. The van der Waals surface area contributed by atoms with Crippen molar-refractivity contribution in [3.63, 3.8) is 0 Å². The van der Waals surface area contributed by atoms with Crippen LogP contribution in [0.25, 0.3) is 89.1 Å². The number of nitrogens with zero attached hydrogens (tertiary/aromatic N) is 3. The van der Waals surface area contributed by atoms with Gasteiger partial charge in [0, 0.05) is 27.5 Å². The van der Waals surface area contributed by atoms with Crippen molar-refractivity contribution in [3.8, 4) is 56.4 Å². The van der Waals surface area contributed by atoms with Gasteiger partial charge in [-0.15, -0.1) is 0 Å². The van der Waals surface area contributed by atoms with E-state index in [-0.39, 0.29) is 10.8 Å². The second-order valence-electron chi connectivity index (χ2n) is 16.2. The van der Waals surface area contributed by atoms with E-state index in [1.165, 1.54) is 40.5 Å². The molecule has 2 aromatic heterocycles. The molecule has 4 nitrogen and oxygen atoms in total. The van der Waals surface area contributed by atoms with Crippen LogP contribution in [0.1, 0.15) is 51.7 Å². The van der Waals surface area contributed by atoms with Crippen molar-refractivity contribution in [1.82, 2.24) is 15.0 Å². The highest BCUT2D eigenvalue weighted by Crippen LogP contribution is 2.48. The molecule has 0 saturated carbocycles. The standard InChI is InChI=1S/C51H41N3O/c1-50(2)29-30-51(3,4)43-31-33(25-28-42(43)50)35-26-27-39(37-19-10-9-18-36(35)37)48-52-47(38-20-11-8-17-34(38)32-15-6-5-7-16-32)53-49(54-48)41-22-14-24-45-46(41)40-21-12-13-23-44(40)55-45/h5-28,31H,29-30H2,1-4H3. The summed E-state index contributed by atoms with van der Waals surface area (Å²) < 4.78 is 6.32. The minimum atomic E-state index is 0.119. The van der Waals surface area contributed by atoms with Crippen LogP contribution in [0.4, 0.5) is 0 Å². The average molecular weight is 712 g/mol. The van der Waals surface area contributed by atoms with Crippen LogP contribution in [-0.2, 0) is 10.8 Å². The summed E-state index contributed by atoms with van der Waals surface area (Å²) in [5, 5.41) is 4.30. The molecule has 0 bridgehead atoms. The Morgan fingerprint density at radius 3 is 1.71 bits per heavy atom. The molecule has 0 fully saturated rings. The first-order valence-corrected chi connectivity index (χ1v) is 19.2. The summed E-state index contributed by atoms with van der Waals surface area (Å²) in [7, 11) is 0. The van der Waals surface area contributed by atoms with E-state index in [1.807, 2.05) is 36.4 Å². The van der Waals surface area contributed by atoms with Crippen LogP contribution in [0.3, 0.4) is 0 Å². The fourth-order valence-corrected chi connectivity index (χ4v) is 8.75. The van der Waals surface area contributed by atoms with Crippen molar-refractivity contribution in [3.05, 3.63) is 163 Å². The van der Waals surface area contributed by atoms with Crippen LogP contribution in [0.2, 0.25) is 0 Å². The Kier molecular flexibility index (Phi) is 7.60. The maximum atomic E-state index is 6.32. The zero-order valence-electron chi connectivity index (χ0n) is 31.6. The van der Waals surface area contributed by atoms with Crippen molar-refractivity contribution in [1.29, 1.82) is 0 Å². The number of hydrogen-bond acceptors (Lipinski definition) is 4. The molecule has 9 aromatic rings. The quantitative estimate of drug-likeness (QED) is 0.178. The van der Waals surface area contributed by atoms with Crippen molar-refractivity contribution < 1.29 is 4.42 Å². The highest BCUT2D eigenvalue weighted by Gasteiger charge is 2.37. The number of furan rings is 1. The molecule has 7 aromatic carbocycles. The maximum absolute atomic E-state index is 6.32. The van der Waals surface area contributed by atoms with Gasteiger partial charge in [-0.3, -0.25) is 0 Å². The number of benzene rings is 7. The topological polar surface area (TPSA) is 51.8 Å². The minimum Gasteiger partial charge on any atom is -0.456 e. The predicted molar refractivity (Wildman–Crippen MR) is 227 cm³/mol. The Labute approximate surface area is 321 Å². The number of aromatic nitrogens is 3. The monoisotopic (exact) mass is 711 g/mol. The van der Waals surface area contributed by atoms with Crippen LogP contribution in [-0.4, -0.2) is 15.0 Å².